The molecule has 92 valence electrons. The van der Waals surface area contributed by atoms with Crippen LogP contribution in [0.2, 0.25) is 0 Å². The predicted molar refractivity (Wildman–Crippen MR) is 66.4 cm³/mol. The van der Waals surface area contributed by atoms with Crippen LogP contribution in [-0.2, 0) is 6.54 Å². The zero-order valence-corrected chi connectivity index (χ0v) is 10.0. The molecule has 1 aromatic heterocycles. The third-order valence-corrected chi connectivity index (χ3v) is 2.61. The number of rotatable bonds is 3. The Balaban J connectivity index is 2.07. The van der Waals surface area contributed by atoms with Crippen LogP contribution < -0.4 is 0 Å². The van der Waals surface area contributed by atoms with Crippen LogP contribution in [0.25, 0.3) is 0 Å². The predicted octanol–water partition coefficient (Wildman–Crippen LogP) is 2.49. The molecular weight excluding hydrogens is 231 g/mol. The third kappa shape index (κ3) is 2.91. The molecule has 3 nitrogen and oxygen atoms in total. The van der Waals surface area contributed by atoms with Crippen molar-refractivity contribution in [1.82, 2.24) is 9.88 Å². The van der Waals surface area contributed by atoms with E-state index in [0.717, 1.165) is 5.56 Å². The van der Waals surface area contributed by atoms with E-state index in [1.807, 2.05) is 12.1 Å². The van der Waals surface area contributed by atoms with Crippen LogP contribution in [0.5, 0.6) is 0 Å². The first-order chi connectivity index (χ1) is 8.66. The van der Waals surface area contributed by atoms with Crippen molar-refractivity contribution in [2.75, 3.05) is 7.05 Å². The van der Waals surface area contributed by atoms with E-state index < -0.39 is 0 Å². The van der Waals surface area contributed by atoms with Crippen LogP contribution in [0.4, 0.5) is 4.39 Å². The summed E-state index contributed by atoms with van der Waals surface area (Å²) in [7, 11) is 1.71. The number of carbonyl (C=O) groups is 1. The standard InChI is InChI=1S/C14H13FN2O/c1-17(10-11-6-8-16-9-7-11)14(18)12-2-4-13(15)5-3-12/h2-9H,10H2,1H3. The molecule has 0 saturated heterocycles. The minimum atomic E-state index is -0.344. The van der Waals surface area contributed by atoms with Crippen molar-refractivity contribution in [2.24, 2.45) is 0 Å². The van der Waals surface area contributed by atoms with Crippen LogP contribution in [-0.4, -0.2) is 22.8 Å². The normalized spacial score (nSPS) is 10.1. The Hall–Kier alpha value is -2.23. The second-order valence-electron chi connectivity index (χ2n) is 4.02. The minimum absolute atomic E-state index is 0.133. The van der Waals surface area contributed by atoms with Crippen molar-refractivity contribution in [3.63, 3.8) is 0 Å². The summed E-state index contributed by atoms with van der Waals surface area (Å²) >= 11 is 0. The average Bonchev–Trinajstić information content (AvgIpc) is 2.40. The zero-order chi connectivity index (χ0) is 13.0. The molecule has 0 fully saturated rings. The summed E-state index contributed by atoms with van der Waals surface area (Å²) in [5, 5.41) is 0. The van der Waals surface area contributed by atoms with Gasteiger partial charge in [-0.05, 0) is 42.0 Å². The lowest BCUT2D eigenvalue weighted by Crippen LogP contribution is -2.26. The lowest BCUT2D eigenvalue weighted by Gasteiger charge is -2.17. The first-order valence-corrected chi connectivity index (χ1v) is 5.57. The molecule has 0 bridgehead atoms. The smallest absolute Gasteiger partial charge is 0.253 e. The first-order valence-electron chi connectivity index (χ1n) is 5.57. The number of benzene rings is 1. The van der Waals surface area contributed by atoms with Gasteiger partial charge in [0.1, 0.15) is 5.82 Å². The van der Waals surface area contributed by atoms with E-state index in [-0.39, 0.29) is 11.7 Å². The molecule has 4 heteroatoms. The molecule has 1 aromatic carbocycles. The second-order valence-corrected chi connectivity index (χ2v) is 4.02. The van der Waals surface area contributed by atoms with Gasteiger partial charge >= 0.3 is 0 Å². The Morgan fingerprint density at radius 1 is 1.17 bits per heavy atom. The van der Waals surface area contributed by atoms with Gasteiger partial charge in [0.25, 0.3) is 5.91 Å². The quantitative estimate of drug-likeness (QED) is 0.831. The highest BCUT2D eigenvalue weighted by atomic mass is 19.1. The number of amides is 1. The number of nitrogens with zero attached hydrogens (tertiary/aromatic N) is 2. The molecule has 1 amide bonds. The summed E-state index contributed by atoms with van der Waals surface area (Å²) in [6.07, 6.45) is 3.37. The number of aromatic nitrogens is 1. The fourth-order valence-electron chi connectivity index (χ4n) is 1.65. The van der Waals surface area contributed by atoms with Gasteiger partial charge in [-0.2, -0.15) is 0 Å². The molecule has 0 atom stereocenters. The Kier molecular flexibility index (Phi) is 3.67. The summed E-state index contributed by atoms with van der Waals surface area (Å²) in [4.78, 5) is 17.6. The van der Waals surface area contributed by atoms with Crippen LogP contribution in [0.1, 0.15) is 15.9 Å². The Morgan fingerprint density at radius 3 is 2.39 bits per heavy atom. The van der Waals surface area contributed by atoms with Crippen LogP contribution in [0.3, 0.4) is 0 Å². The largest absolute Gasteiger partial charge is 0.337 e. The fraction of sp³-hybridized carbons (Fsp3) is 0.143. The summed E-state index contributed by atoms with van der Waals surface area (Å²) in [5.41, 5.74) is 1.48. The fourth-order valence-corrected chi connectivity index (χ4v) is 1.65. The summed E-state index contributed by atoms with van der Waals surface area (Å²) in [5.74, 6) is -0.477. The molecule has 0 radical (unpaired) electrons. The van der Waals surface area contributed by atoms with E-state index in [4.69, 9.17) is 0 Å². The Labute approximate surface area is 105 Å². The highest BCUT2D eigenvalue weighted by molar-refractivity contribution is 5.93. The van der Waals surface area contributed by atoms with E-state index in [1.54, 1.807) is 24.3 Å². The summed E-state index contributed by atoms with van der Waals surface area (Å²) in [6.45, 7) is 0.499. The Morgan fingerprint density at radius 2 is 1.78 bits per heavy atom. The Bertz CT molecular complexity index is 525. The lowest BCUT2D eigenvalue weighted by molar-refractivity contribution is 0.0785. The highest BCUT2D eigenvalue weighted by Crippen LogP contribution is 2.08. The molecule has 2 rings (SSSR count). The molecule has 18 heavy (non-hydrogen) atoms. The van der Waals surface area contributed by atoms with E-state index in [2.05, 4.69) is 4.98 Å². The molecule has 0 saturated carbocycles. The lowest BCUT2D eigenvalue weighted by atomic mass is 10.2. The van der Waals surface area contributed by atoms with Gasteiger partial charge in [-0.25, -0.2) is 4.39 Å². The monoisotopic (exact) mass is 244 g/mol. The van der Waals surface area contributed by atoms with Gasteiger partial charge < -0.3 is 4.90 Å². The molecule has 0 aliphatic heterocycles. The van der Waals surface area contributed by atoms with Crippen molar-refractivity contribution in [3.8, 4) is 0 Å². The van der Waals surface area contributed by atoms with Crippen LogP contribution in [0.15, 0.2) is 48.8 Å². The van der Waals surface area contributed by atoms with Crippen molar-refractivity contribution in [2.45, 2.75) is 6.54 Å². The van der Waals surface area contributed by atoms with E-state index >= 15 is 0 Å². The minimum Gasteiger partial charge on any atom is -0.337 e. The molecule has 0 aliphatic rings. The van der Waals surface area contributed by atoms with E-state index in [0.29, 0.717) is 12.1 Å². The van der Waals surface area contributed by atoms with Crippen LogP contribution in [0, 0.1) is 5.82 Å². The number of hydrogen-bond acceptors (Lipinski definition) is 2. The molecule has 0 spiro atoms. The number of pyridine rings is 1. The number of carbonyl (C=O) groups excluding carboxylic acids is 1. The van der Waals surface area contributed by atoms with Crippen molar-refractivity contribution < 1.29 is 9.18 Å². The zero-order valence-electron chi connectivity index (χ0n) is 10.0. The highest BCUT2D eigenvalue weighted by Gasteiger charge is 2.11. The number of hydrogen-bond donors (Lipinski definition) is 0. The van der Waals surface area contributed by atoms with Gasteiger partial charge in [0, 0.05) is 31.5 Å². The average molecular weight is 244 g/mol. The SMILES string of the molecule is CN(Cc1ccncc1)C(=O)c1ccc(F)cc1. The molecule has 1 heterocycles. The van der Waals surface area contributed by atoms with Crippen LogP contribution >= 0.6 is 0 Å². The second kappa shape index (κ2) is 5.40. The van der Waals surface area contributed by atoms with Crippen molar-refractivity contribution >= 4 is 5.91 Å². The van der Waals surface area contributed by atoms with Crippen molar-refractivity contribution in [3.05, 3.63) is 65.7 Å². The first kappa shape index (κ1) is 12.2. The molecule has 0 N–H and O–H groups in total. The summed E-state index contributed by atoms with van der Waals surface area (Å²) in [6, 6.07) is 9.26. The van der Waals surface area contributed by atoms with Crippen molar-refractivity contribution in [1.29, 1.82) is 0 Å². The maximum atomic E-state index is 12.8. The van der Waals surface area contributed by atoms with Gasteiger partial charge in [-0.1, -0.05) is 0 Å². The molecule has 0 aliphatic carbocycles. The van der Waals surface area contributed by atoms with Gasteiger partial charge in [0.05, 0.1) is 0 Å². The van der Waals surface area contributed by atoms with Gasteiger partial charge in [-0.3, -0.25) is 9.78 Å². The van der Waals surface area contributed by atoms with E-state index in [9.17, 15) is 9.18 Å². The van der Waals surface area contributed by atoms with Gasteiger partial charge in [-0.15, -0.1) is 0 Å². The molecular formula is C14H13FN2O. The molecule has 2 aromatic rings. The maximum Gasteiger partial charge on any atom is 0.253 e. The third-order valence-electron chi connectivity index (χ3n) is 2.61. The van der Waals surface area contributed by atoms with E-state index in [1.165, 1.54) is 24.3 Å². The van der Waals surface area contributed by atoms with Gasteiger partial charge in [0.2, 0.25) is 0 Å². The summed E-state index contributed by atoms with van der Waals surface area (Å²) < 4.78 is 12.8. The topological polar surface area (TPSA) is 33.2 Å². The number of halogens is 1. The van der Waals surface area contributed by atoms with Gasteiger partial charge in [0.15, 0.2) is 0 Å². The maximum absolute atomic E-state index is 12.8. The molecule has 0 unspecified atom stereocenters.